The van der Waals surface area contributed by atoms with Crippen molar-refractivity contribution in [1.82, 2.24) is 4.90 Å². The summed E-state index contributed by atoms with van der Waals surface area (Å²) in [7, 11) is 0. The van der Waals surface area contributed by atoms with E-state index in [9.17, 15) is 15.0 Å². The van der Waals surface area contributed by atoms with E-state index in [1.807, 2.05) is 26.8 Å². The summed E-state index contributed by atoms with van der Waals surface area (Å²) >= 11 is 0. The van der Waals surface area contributed by atoms with Crippen LogP contribution in [-0.4, -0.2) is 52.8 Å². The van der Waals surface area contributed by atoms with Gasteiger partial charge in [0, 0.05) is 30.7 Å². The molecule has 1 amide bonds. The highest BCUT2D eigenvalue weighted by Crippen LogP contribution is 2.46. The van der Waals surface area contributed by atoms with Gasteiger partial charge in [-0.05, 0) is 51.7 Å². The van der Waals surface area contributed by atoms with Gasteiger partial charge in [0.1, 0.15) is 5.60 Å². The van der Waals surface area contributed by atoms with Crippen molar-refractivity contribution in [2.75, 3.05) is 19.9 Å². The zero-order valence-corrected chi connectivity index (χ0v) is 16.2. The normalized spacial score (nSPS) is 20.0. The van der Waals surface area contributed by atoms with Crippen LogP contribution in [0.1, 0.15) is 57.1 Å². The molecule has 1 aromatic rings. The van der Waals surface area contributed by atoms with Crippen LogP contribution in [0, 0.1) is 0 Å². The molecule has 7 heteroatoms. The van der Waals surface area contributed by atoms with Gasteiger partial charge in [0.05, 0.1) is 6.61 Å². The van der Waals surface area contributed by atoms with Crippen LogP contribution in [0.4, 0.5) is 4.79 Å². The van der Waals surface area contributed by atoms with Crippen LogP contribution < -0.4 is 9.47 Å². The number of benzene rings is 1. The molecule has 2 aliphatic rings. The second kappa shape index (κ2) is 7.94. The number of fused-ring (bicyclic) bond motifs is 1. The molecule has 1 saturated heterocycles. The monoisotopic (exact) mass is 379 g/mol. The maximum atomic E-state index is 12.7. The fraction of sp³-hybridized carbons (Fsp3) is 0.650. The van der Waals surface area contributed by atoms with Crippen LogP contribution in [0.2, 0.25) is 0 Å². The van der Waals surface area contributed by atoms with E-state index >= 15 is 0 Å². The second-order valence-corrected chi connectivity index (χ2v) is 8.03. The van der Waals surface area contributed by atoms with Crippen molar-refractivity contribution in [3.05, 3.63) is 23.3 Å². The second-order valence-electron chi connectivity index (χ2n) is 8.03. The third kappa shape index (κ3) is 4.14. The summed E-state index contributed by atoms with van der Waals surface area (Å²) < 4.78 is 16.8. The summed E-state index contributed by atoms with van der Waals surface area (Å²) in [5, 5.41) is 19.6. The van der Waals surface area contributed by atoms with Crippen molar-refractivity contribution >= 4 is 6.09 Å². The first-order valence-electron chi connectivity index (χ1n) is 9.48. The van der Waals surface area contributed by atoms with Crippen LogP contribution in [0.3, 0.4) is 0 Å². The average Bonchev–Trinajstić information content (AvgIpc) is 3.26. The number of hydrogen-bond donors (Lipinski definition) is 2. The molecule has 1 unspecified atom stereocenters. The van der Waals surface area contributed by atoms with E-state index in [0.29, 0.717) is 24.5 Å². The zero-order chi connectivity index (χ0) is 19.6. The Morgan fingerprint density at radius 1 is 1.33 bits per heavy atom. The fourth-order valence-corrected chi connectivity index (χ4v) is 4.01. The minimum atomic E-state index is -0.572. The van der Waals surface area contributed by atoms with Gasteiger partial charge in [0.15, 0.2) is 11.5 Å². The number of hydrogen-bond acceptors (Lipinski definition) is 6. The van der Waals surface area contributed by atoms with Gasteiger partial charge in [-0.15, -0.1) is 0 Å². The highest BCUT2D eigenvalue weighted by molar-refractivity contribution is 5.69. The van der Waals surface area contributed by atoms with Crippen LogP contribution in [0.15, 0.2) is 12.1 Å². The van der Waals surface area contributed by atoms with Crippen molar-refractivity contribution in [3.8, 4) is 11.5 Å². The largest absolute Gasteiger partial charge is 0.454 e. The quantitative estimate of drug-likeness (QED) is 0.818. The van der Waals surface area contributed by atoms with Crippen molar-refractivity contribution in [1.29, 1.82) is 0 Å². The molecule has 0 saturated carbocycles. The Balaban J connectivity index is 1.96. The molecule has 27 heavy (non-hydrogen) atoms. The number of aliphatic hydroxyl groups is 2. The number of rotatable bonds is 5. The Labute approximate surface area is 159 Å². The molecule has 0 bridgehead atoms. The molecule has 3 rings (SSSR count). The molecule has 0 aliphatic carbocycles. The molecule has 1 aromatic carbocycles. The van der Waals surface area contributed by atoms with E-state index in [2.05, 4.69) is 0 Å². The van der Waals surface area contributed by atoms with Crippen LogP contribution >= 0.6 is 0 Å². The molecule has 0 radical (unpaired) electrons. The van der Waals surface area contributed by atoms with Crippen molar-refractivity contribution < 1.29 is 29.2 Å². The maximum Gasteiger partial charge on any atom is 0.410 e. The molecular weight excluding hydrogens is 350 g/mol. The first-order valence-corrected chi connectivity index (χ1v) is 9.48. The van der Waals surface area contributed by atoms with Crippen LogP contribution in [0.25, 0.3) is 0 Å². The summed E-state index contributed by atoms with van der Waals surface area (Å²) in [6.07, 6.45) is 1.78. The predicted octanol–water partition coefficient (Wildman–Crippen LogP) is 2.77. The van der Waals surface area contributed by atoms with E-state index in [1.165, 1.54) is 0 Å². The maximum absolute atomic E-state index is 12.7. The van der Waals surface area contributed by atoms with Crippen molar-refractivity contribution in [3.63, 3.8) is 0 Å². The molecule has 150 valence electrons. The van der Waals surface area contributed by atoms with E-state index in [0.717, 1.165) is 24.0 Å². The molecule has 2 N–H and O–H groups in total. The van der Waals surface area contributed by atoms with E-state index in [1.54, 1.807) is 11.0 Å². The lowest BCUT2D eigenvalue weighted by Crippen LogP contribution is -2.42. The number of aliphatic hydroxyl groups excluding tert-OH is 2. The van der Waals surface area contributed by atoms with Crippen LogP contribution in [-0.2, 0) is 11.3 Å². The molecule has 0 aromatic heterocycles. The smallest absolute Gasteiger partial charge is 0.410 e. The molecule has 2 aliphatic heterocycles. The summed E-state index contributed by atoms with van der Waals surface area (Å²) in [6, 6.07) is 3.47. The molecule has 1 fully saturated rings. The van der Waals surface area contributed by atoms with Crippen molar-refractivity contribution in [2.24, 2.45) is 0 Å². The van der Waals surface area contributed by atoms with Gasteiger partial charge in [-0.25, -0.2) is 4.79 Å². The highest BCUT2D eigenvalue weighted by Gasteiger charge is 2.40. The number of ether oxygens (including phenoxy) is 3. The SMILES string of the molecule is CC(C)(C)OC(=O)N1CCC[C@H]1C(CCO)c1c(CO)ccc2c1OCO2. The van der Waals surface area contributed by atoms with Gasteiger partial charge in [0.25, 0.3) is 0 Å². The zero-order valence-electron chi connectivity index (χ0n) is 16.2. The Morgan fingerprint density at radius 3 is 2.78 bits per heavy atom. The number of likely N-dealkylation sites (tertiary alicyclic amines) is 1. The van der Waals surface area contributed by atoms with Gasteiger partial charge >= 0.3 is 6.09 Å². The fourth-order valence-electron chi connectivity index (χ4n) is 4.01. The number of carbonyl (C=O) groups is 1. The third-order valence-electron chi connectivity index (χ3n) is 5.04. The average molecular weight is 379 g/mol. The van der Waals surface area contributed by atoms with Gasteiger partial charge in [0.2, 0.25) is 6.79 Å². The molecule has 2 atom stereocenters. The lowest BCUT2D eigenvalue weighted by Gasteiger charge is -2.34. The summed E-state index contributed by atoms with van der Waals surface area (Å²) in [4.78, 5) is 14.5. The van der Waals surface area contributed by atoms with Crippen molar-refractivity contribution in [2.45, 2.75) is 64.2 Å². The minimum Gasteiger partial charge on any atom is -0.454 e. The minimum absolute atomic E-state index is 0.0290. The molecular formula is C20H29NO6. The lowest BCUT2D eigenvalue weighted by molar-refractivity contribution is 0.0196. The summed E-state index contributed by atoms with van der Waals surface area (Å²) in [6.45, 7) is 6.11. The van der Waals surface area contributed by atoms with Gasteiger partial charge < -0.3 is 29.3 Å². The van der Waals surface area contributed by atoms with Crippen LogP contribution in [0.5, 0.6) is 11.5 Å². The number of nitrogens with zero attached hydrogens (tertiary/aromatic N) is 1. The van der Waals surface area contributed by atoms with E-state index < -0.39 is 5.60 Å². The van der Waals surface area contributed by atoms with E-state index in [-0.39, 0.29) is 38.1 Å². The highest BCUT2D eigenvalue weighted by atomic mass is 16.7. The molecule has 7 nitrogen and oxygen atoms in total. The van der Waals surface area contributed by atoms with Gasteiger partial charge in [-0.1, -0.05) is 6.07 Å². The Kier molecular flexibility index (Phi) is 5.81. The van der Waals surface area contributed by atoms with Gasteiger partial charge in [-0.2, -0.15) is 0 Å². The summed E-state index contributed by atoms with van der Waals surface area (Å²) in [5.74, 6) is 1.06. The Bertz CT molecular complexity index is 684. The third-order valence-corrected chi connectivity index (χ3v) is 5.04. The Morgan fingerprint density at radius 2 is 2.11 bits per heavy atom. The van der Waals surface area contributed by atoms with Gasteiger partial charge in [-0.3, -0.25) is 0 Å². The first-order chi connectivity index (χ1) is 12.9. The molecule has 0 spiro atoms. The van der Waals surface area contributed by atoms with E-state index in [4.69, 9.17) is 14.2 Å². The molecule has 2 heterocycles. The first kappa shape index (κ1) is 19.8. The number of amides is 1. The standard InChI is InChI=1S/C20H29NO6/c1-20(2,3)27-19(24)21-9-4-5-15(21)14(8-10-22)17-13(11-23)6-7-16-18(17)26-12-25-16/h6-7,14-15,22-23H,4-5,8-12H2,1-3H3/t14?,15-/m0/s1. The lowest BCUT2D eigenvalue weighted by atomic mass is 9.84. The predicted molar refractivity (Wildman–Crippen MR) is 98.9 cm³/mol. The number of carbonyl (C=O) groups excluding carboxylic acids is 1. The topological polar surface area (TPSA) is 88.5 Å². The summed E-state index contributed by atoms with van der Waals surface area (Å²) in [5.41, 5.74) is 0.980. The Hall–Kier alpha value is -1.99.